The molecule has 0 bridgehead atoms. The molecule has 17 heavy (non-hydrogen) atoms. The summed E-state index contributed by atoms with van der Waals surface area (Å²) in [6.45, 7) is 8.61. The molecule has 2 aliphatic rings. The first kappa shape index (κ1) is 11.3. The van der Waals surface area contributed by atoms with Gasteiger partial charge in [-0.2, -0.15) is 0 Å². The van der Waals surface area contributed by atoms with Crippen molar-refractivity contribution in [3.05, 3.63) is 24.0 Å². The summed E-state index contributed by atoms with van der Waals surface area (Å²) in [6, 6.07) is 2.78. The van der Waals surface area contributed by atoms with Gasteiger partial charge < -0.3 is 14.6 Å². The van der Waals surface area contributed by atoms with Gasteiger partial charge in [-0.1, -0.05) is 13.8 Å². The fraction of sp³-hybridized carbons (Fsp3) is 0.714. The van der Waals surface area contributed by atoms with Crippen LogP contribution >= 0.6 is 0 Å². The Balaban J connectivity index is 1.74. The molecule has 2 aliphatic heterocycles. The van der Waals surface area contributed by atoms with Gasteiger partial charge in [-0.15, -0.1) is 0 Å². The minimum absolute atomic E-state index is 0.393. The predicted molar refractivity (Wildman–Crippen MR) is 67.9 cm³/mol. The smallest absolute Gasteiger partial charge is 0.0553 e. The Hall–Kier alpha value is -0.800. The number of hydrogen-bond donors (Lipinski definition) is 1. The lowest BCUT2D eigenvalue weighted by Crippen LogP contribution is -2.56. The van der Waals surface area contributed by atoms with Crippen LogP contribution in [0.1, 0.15) is 31.9 Å². The molecule has 0 saturated carbocycles. The van der Waals surface area contributed by atoms with Crippen molar-refractivity contribution in [3.8, 4) is 0 Å². The molecule has 2 atom stereocenters. The zero-order valence-corrected chi connectivity index (χ0v) is 10.8. The van der Waals surface area contributed by atoms with Crippen molar-refractivity contribution in [2.75, 3.05) is 19.8 Å². The molecule has 1 N–H and O–H groups in total. The molecular formula is C14H22N2O. The van der Waals surface area contributed by atoms with E-state index in [-0.39, 0.29) is 0 Å². The minimum Gasteiger partial charge on any atom is -0.381 e. The molecule has 1 spiro atoms. The summed E-state index contributed by atoms with van der Waals surface area (Å²) in [5.74, 6) is 0.702. The van der Waals surface area contributed by atoms with E-state index in [9.17, 15) is 0 Å². The molecule has 3 heteroatoms. The molecule has 94 valence electrons. The first-order valence-electron chi connectivity index (χ1n) is 6.66. The molecule has 1 aromatic rings. The molecule has 0 unspecified atom stereocenters. The second kappa shape index (κ2) is 4.14. The van der Waals surface area contributed by atoms with Crippen molar-refractivity contribution in [2.45, 2.75) is 32.9 Å². The molecule has 3 nitrogen and oxygen atoms in total. The van der Waals surface area contributed by atoms with Gasteiger partial charge in [0.25, 0.3) is 0 Å². The summed E-state index contributed by atoms with van der Waals surface area (Å²) in [5, 5.41) is 3.57. The van der Waals surface area contributed by atoms with E-state index >= 15 is 0 Å². The van der Waals surface area contributed by atoms with E-state index in [1.54, 1.807) is 0 Å². The van der Waals surface area contributed by atoms with Crippen LogP contribution in [0.15, 0.2) is 18.5 Å². The highest BCUT2D eigenvalue weighted by molar-refractivity contribution is 5.24. The molecule has 0 radical (unpaired) electrons. The van der Waals surface area contributed by atoms with E-state index in [1.165, 1.54) is 12.0 Å². The van der Waals surface area contributed by atoms with Crippen molar-refractivity contribution in [1.82, 2.24) is 9.88 Å². The first-order valence-corrected chi connectivity index (χ1v) is 6.66. The Kier molecular flexibility index (Phi) is 2.75. The number of nitrogens with one attached hydrogen (secondary N) is 1. The molecule has 3 rings (SSSR count). The average Bonchev–Trinajstić information content (AvgIpc) is 2.85. The maximum absolute atomic E-state index is 5.58. The van der Waals surface area contributed by atoms with Crippen molar-refractivity contribution in [1.29, 1.82) is 0 Å². The second-order valence-corrected chi connectivity index (χ2v) is 6.01. The second-order valence-electron chi connectivity index (χ2n) is 6.01. The Morgan fingerprint density at radius 3 is 3.06 bits per heavy atom. The van der Waals surface area contributed by atoms with Gasteiger partial charge in [-0.05, 0) is 24.0 Å². The number of aromatic nitrogens is 1. The van der Waals surface area contributed by atoms with Crippen LogP contribution in [0.2, 0.25) is 0 Å². The van der Waals surface area contributed by atoms with Crippen molar-refractivity contribution >= 4 is 0 Å². The van der Waals surface area contributed by atoms with Crippen LogP contribution in [0, 0.1) is 11.3 Å². The van der Waals surface area contributed by atoms with Gasteiger partial charge >= 0.3 is 0 Å². The van der Waals surface area contributed by atoms with Crippen molar-refractivity contribution < 1.29 is 4.74 Å². The molecule has 0 aliphatic carbocycles. The van der Waals surface area contributed by atoms with Crippen LogP contribution < -0.4 is 5.32 Å². The number of hydrogen-bond acceptors (Lipinski definition) is 2. The maximum Gasteiger partial charge on any atom is 0.0553 e. The van der Waals surface area contributed by atoms with Crippen molar-refractivity contribution in [2.24, 2.45) is 11.3 Å². The lowest BCUT2D eigenvalue weighted by molar-refractivity contribution is 0.0577. The van der Waals surface area contributed by atoms with Crippen LogP contribution in [0.25, 0.3) is 0 Å². The summed E-state index contributed by atoms with van der Waals surface area (Å²) < 4.78 is 7.89. The summed E-state index contributed by atoms with van der Waals surface area (Å²) >= 11 is 0. The molecule has 1 aromatic heterocycles. The lowest BCUT2D eigenvalue weighted by atomic mass is 9.71. The largest absolute Gasteiger partial charge is 0.381 e. The van der Waals surface area contributed by atoms with Crippen LogP contribution in [0.3, 0.4) is 0 Å². The van der Waals surface area contributed by atoms with Gasteiger partial charge in [0, 0.05) is 43.5 Å². The van der Waals surface area contributed by atoms with Gasteiger partial charge in [0.05, 0.1) is 6.61 Å². The predicted octanol–water partition coefficient (Wildman–Crippen LogP) is 2.20. The van der Waals surface area contributed by atoms with Gasteiger partial charge in [-0.3, -0.25) is 0 Å². The zero-order chi connectivity index (χ0) is 11.9. The van der Waals surface area contributed by atoms with E-state index in [0.29, 0.717) is 17.4 Å². The van der Waals surface area contributed by atoms with Crippen LogP contribution in [0.4, 0.5) is 0 Å². The number of nitrogens with zero attached hydrogens (tertiary/aromatic N) is 1. The zero-order valence-electron chi connectivity index (χ0n) is 10.8. The average molecular weight is 234 g/mol. The third kappa shape index (κ3) is 1.91. The van der Waals surface area contributed by atoms with E-state index < -0.39 is 0 Å². The van der Waals surface area contributed by atoms with Gasteiger partial charge in [-0.25, -0.2) is 0 Å². The Labute approximate surface area is 103 Å². The fourth-order valence-corrected chi connectivity index (χ4v) is 3.12. The highest BCUT2D eigenvalue weighted by atomic mass is 16.5. The molecule has 0 amide bonds. The Bertz CT molecular complexity index is 391. The summed E-state index contributed by atoms with van der Waals surface area (Å²) in [6.07, 6.45) is 5.72. The summed E-state index contributed by atoms with van der Waals surface area (Å²) in [4.78, 5) is 0. The van der Waals surface area contributed by atoms with E-state index in [2.05, 4.69) is 42.2 Å². The standard InChI is InChI=1S/C14H22N2O/c1-11(2)7-16-5-3-12(8-16)13-14(9-15-13)4-6-17-10-14/h3,5,8,11,13,15H,4,6-7,9-10H2,1-2H3/t13-,14-/m1/s1. The fourth-order valence-electron chi connectivity index (χ4n) is 3.12. The molecular weight excluding hydrogens is 212 g/mol. The van der Waals surface area contributed by atoms with Gasteiger partial charge in [0.1, 0.15) is 0 Å². The Morgan fingerprint density at radius 2 is 2.47 bits per heavy atom. The van der Waals surface area contributed by atoms with E-state index in [1.807, 2.05) is 0 Å². The number of ether oxygens (including phenoxy) is 1. The summed E-state index contributed by atoms with van der Waals surface area (Å²) in [5.41, 5.74) is 1.83. The lowest BCUT2D eigenvalue weighted by Gasteiger charge is -2.47. The topological polar surface area (TPSA) is 26.2 Å². The van der Waals surface area contributed by atoms with E-state index in [0.717, 1.165) is 26.3 Å². The molecule has 2 saturated heterocycles. The summed E-state index contributed by atoms with van der Waals surface area (Å²) in [7, 11) is 0. The first-order chi connectivity index (χ1) is 8.20. The highest BCUT2D eigenvalue weighted by Gasteiger charge is 2.49. The molecule has 0 aromatic carbocycles. The maximum atomic E-state index is 5.58. The third-order valence-corrected chi connectivity index (χ3v) is 4.09. The monoisotopic (exact) mass is 234 g/mol. The number of rotatable bonds is 3. The molecule has 2 fully saturated rings. The van der Waals surface area contributed by atoms with Gasteiger partial charge in [0.15, 0.2) is 0 Å². The Morgan fingerprint density at radius 1 is 1.59 bits per heavy atom. The van der Waals surface area contributed by atoms with Crippen LogP contribution in [-0.2, 0) is 11.3 Å². The minimum atomic E-state index is 0.393. The van der Waals surface area contributed by atoms with Crippen LogP contribution in [-0.4, -0.2) is 24.3 Å². The van der Waals surface area contributed by atoms with Crippen molar-refractivity contribution in [3.63, 3.8) is 0 Å². The highest BCUT2D eigenvalue weighted by Crippen LogP contribution is 2.47. The van der Waals surface area contributed by atoms with Gasteiger partial charge in [0.2, 0.25) is 0 Å². The quantitative estimate of drug-likeness (QED) is 0.867. The third-order valence-electron chi connectivity index (χ3n) is 4.09. The normalized spacial score (nSPS) is 32.3. The molecule has 3 heterocycles. The van der Waals surface area contributed by atoms with Crippen LogP contribution in [0.5, 0.6) is 0 Å². The van der Waals surface area contributed by atoms with E-state index in [4.69, 9.17) is 4.74 Å². The SMILES string of the molecule is CC(C)Cn1ccc([C@H]2NC[C@@]23CCOC3)c1.